The molecule has 3 rings (SSSR count). The predicted octanol–water partition coefficient (Wildman–Crippen LogP) is 2.93. The molecular formula is C16H25N3S. The molecule has 0 amide bonds. The first-order chi connectivity index (χ1) is 9.92. The van der Waals surface area contributed by atoms with Crippen molar-refractivity contribution in [3.05, 3.63) is 24.5 Å². The number of thioether (sulfide) groups is 1. The Morgan fingerprint density at radius 2 is 1.95 bits per heavy atom. The van der Waals surface area contributed by atoms with Crippen LogP contribution in [-0.2, 0) is 0 Å². The van der Waals surface area contributed by atoms with Crippen LogP contribution < -0.4 is 10.2 Å². The fourth-order valence-electron chi connectivity index (χ4n) is 3.16. The molecule has 110 valence electrons. The van der Waals surface area contributed by atoms with Gasteiger partial charge in [-0.2, -0.15) is 11.8 Å². The largest absolute Gasteiger partial charge is 0.371 e. The Hall–Kier alpha value is -0.740. The zero-order valence-corrected chi connectivity index (χ0v) is 12.9. The Kier molecular flexibility index (Phi) is 5.20. The average molecular weight is 291 g/mol. The molecule has 1 atom stereocenters. The van der Waals surface area contributed by atoms with E-state index in [1.807, 2.05) is 12.4 Å². The molecule has 1 N–H and O–H groups in total. The SMILES string of the molecule is c1cc(N2CCC(NCC3CCCCS3)CC2)ccn1. The van der Waals surface area contributed by atoms with E-state index in [9.17, 15) is 0 Å². The molecule has 0 aromatic carbocycles. The van der Waals surface area contributed by atoms with Crippen molar-refractivity contribution in [2.75, 3.05) is 30.3 Å². The summed E-state index contributed by atoms with van der Waals surface area (Å²) in [5.74, 6) is 1.37. The quantitative estimate of drug-likeness (QED) is 0.923. The summed E-state index contributed by atoms with van der Waals surface area (Å²) in [6.45, 7) is 3.55. The maximum absolute atomic E-state index is 4.10. The Balaban J connectivity index is 1.40. The van der Waals surface area contributed by atoms with Crippen molar-refractivity contribution >= 4 is 17.4 Å². The van der Waals surface area contributed by atoms with Crippen molar-refractivity contribution in [3.8, 4) is 0 Å². The lowest BCUT2D eigenvalue weighted by Gasteiger charge is -2.35. The van der Waals surface area contributed by atoms with Gasteiger partial charge in [-0.15, -0.1) is 0 Å². The molecule has 0 saturated carbocycles. The van der Waals surface area contributed by atoms with E-state index in [-0.39, 0.29) is 0 Å². The minimum atomic E-state index is 0.718. The maximum atomic E-state index is 4.10. The topological polar surface area (TPSA) is 28.2 Å². The van der Waals surface area contributed by atoms with E-state index in [0.29, 0.717) is 0 Å². The van der Waals surface area contributed by atoms with Crippen LogP contribution in [0.1, 0.15) is 32.1 Å². The van der Waals surface area contributed by atoms with Crippen LogP contribution in [0.15, 0.2) is 24.5 Å². The zero-order chi connectivity index (χ0) is 13.6. The van der Waals surface area contributed by atoms with Gasteiger partial charge in [0, 0.05) is 49.0 Å². The molecule has 0 spiro atoms. The Labute approximate surface area is 126 Å². The highest BCUT2D eigenvalue weighted by Gasteiger charge is 2.21. The van der Waals surface area contributed by atoms with Gasteiger partial charge >= 0.3 is 0 Å². The fourth-order valence-corrected chi connectivity index (χ4v) is 4.41. The van der Waals surface area contributed by atoms with Crippen LogP contribution in [0, 0.1) is 0 Å². The van der Waals surface area contributed by atoms with Gasteiger partial charge in [0.2, 0.25) is 0 Å². The van der Waals surface area contributed by atoms with Gasteiger partial charge in [-0.1, -0.05) is 6.42 Å². The van der Waals surface area contributed by atoms with Crippen LogP contribution in [0.2, 0.25) is 0 Å². The van der Waals surface area contributed by atoms with Gasteiger partial charge in [0.1, 0.15) is 0 Å². The molecule has 20 heavy (non-hydrogen) atoms. The molecule has 2 saturated heterocycles. The molecule has 1 aromatic rings. The third-order valence-corrected chi connectivity index (χ3v) is 5.83. The lowest BCUT2D eigenvalue weighted by molar-refractivity contribution is 0.410. The summed E-state index contributed by atoms with van der Waals surface area (Å²) >= 11 is 2.17. The second kappa shape index (κ2) is 7.32. The molecule has 3 heterocycles. The van der Waals surface area contributed by atoms with Crippen molar-refractivity contribution < 1.29 is 0 Å². The second-order valence-corrected chi connectivity index (χ2v) is 7.27. The molecule has 2 aliphatic heterocycles. The standard InChI is InChI=1S/C16H25N3S/c1-2-12-20-16(3-1)13-18-14-6-10-19(11-7-14)15-4-8-17-9-5-15/h4-5,8-9,14,16,18H,1-3,6-7,10-13H2. The smallest absolute Gasteiger partial charge is 0.0397 e. The summed E-state index contributed by atoms with van der Waals surface area (Å²) in [4.78, 5) is 6.58. The highest BCUT2D eigenvalue weighted by molar-refractivity contribution is 7.99. The van der Waals surface area contributed by atoms with E-state index in [0.717, 1.165) is 11.3 Å². The number of nitrogens with one attached hydrogen (secondary N) is 1. The van der Waals surface area contributed by atoms with Gasteiger partial charge < -0.3 is 10.2 Å². The summed E-state index contributed by atoms with van der Waals surface area (Å²) in [5.41, 5.74) is 1.32. The molecule has 0 radical (unpaired) electrons. The molecule has 0 aliphatic carbocycles. The van der Waals surface area contributed by atoms with E-state index < -0.39 is 0 Å². The van der Waals surface area contributed by atoms with E-state index in [2.05, 4.69) is 39.1 Å². The number of hydrogen-bond donors (Lipinski definition) is 1. The normalized spacial score (nSPS) is 24.8. The number of hydrogen-bond acceptors (Lipinski definition) is 4. The van der Waals surface area contributed by atoms with E-state index >= 15 is 0 Å². The lowest BCUT2D eigenvalue weighted by Crippen LogP contribution is -2.44. The number of nitrogens with zero attached hydrogens (tertiary/aromatic N) is 2. The second-order valence-electron chi connectivity index (χ2n) is 5.86. The van der Waals surface area contributed by atoms with Crippen molar-refractivity contribution in [2.24, 2.45) is 0 Å². The molecule has 1 aromatic heterocycles. The number of anilines is 1. The predicted molar refractivity (Wildman–Crippen MR) is 87.6 cm³/mol. The van der Waals surface area contributed by atoms with Gasteiger partial charge in [0.05, 0.1) is 0 Å². The molecule has 2 fully saturated rings. The summed E-state index contributed by atoms with van der Waals surface area (Å²) in [6.07, 6.45) is 10.6. The van der Waals surface area contributed by atoms with Crippen molar-refractivity contribution in [3.63, 3.8) is 0 Å². The lowest BCUT2D eigenvalue weighted by atomic mass is 10.0. The first kappa shape index (κ1) is 14.2. The summed E-state index contributed by atoms with van der Waals surface area (Å²) in [5, 5.41) is 4.67. The summed E-state index contributed by atoms with van der Waals surface area (Å²) < 4.78 is 0. The van der Waals surface area contributed by atoms with Gasteiger partial charge in [-0.25, -0.2) is 0 Å². The third-order valence-electron chi connectivity index (χ3n) is 4.43. The molecule has 3 nitrogen and oxygen atoms in total. The van der Waals surface area contributed by atoms with Crippen LogP contribution in [-0.4, -0.2) is 41.7 Å². The zero-order valence-electron chi connectivity index (χ0n) is 12.1. The van der Waals surface area contributed by atoms with E-state index in [1.54, 1.807) is 0 Å². The molecule has 4 heteroatoms. The molecular weight excluding hydrogens is 266 g/mol. The highest BCUT2D eigenvalue weighted by Crippen LogP contribution is 2.25. The van der Waals surface area contributed by atoms with Crippen LogP contribution in [0.5, 0.6) is 0 Å². The number of piperidine rings is 1. The summed E-state index contributed by atoms with van der Waals surface area (Å²) in [6, 6.07) is 4.95. The fraction of sp³-hybridized carbons (Fsp3) is 0.688. The van der Waals surface area contributed by atoms with Gasteiger partial charge in [0.15, 0.2) is 0 Å². The van der Waals surface area contributed by atoms with Crippen molar-refractivity contribution in [1.29, 1.82) is 0 Å². The average Bonchev–Trinajstić information content (AvgIpc) is 2.55. The van der Waals surface area contributed by atoms with Crippen molar-refractivity contribution in [1.82, 2.24) is 10.3 Å². The number of pyridine rings is 1. The minimum absolute atomic E-state index is 0.718. The number of aromatic nitrogens is 1. The molecule has 0 bridgehead atoms. The van der Waals surface area contributed by atoms with Crippen molar-refractivity contribution in [2.45, 2.75) is 43.4 Å². The van der Waals surface area contributed by atoms with Crippen LogP contribution in [0.3, 0.4) is 0 Å². The Bertz CT molecular complexity index is 384. The van der Waals surface area contributed by atoms with Gasteiger partial charge in [0.25, 0.3) is 0 Å². The van der Waals surface area contributed by atoms with Gasteiger partial charge in [-0.05, 0) is 43.6 Å². The van der Waals surface area contributed by atoms with Crippen LogP contribution >= 0.6 is 11.8 Å². The molecule has 1 unspecified atom stereocenters. The van der Waals surface area contributed by atoms with Gasteiger partial charge in [-0.3, -0.25) is 4.98 Å². The number of rotatable bonds is 4. The molecule has 2 aliphatic rings. The third kappa shape index (κ3) is 3.89. The Morgan fingerprint density at radius 3 is 2.65 bits per heavy atom. The maximum Gasteiger partial charge on any atom is 0.0397 e. The Morgan fingerprint density at radius 1 is 1.15 bits per heavy atom. The summed E-state index contributed by atoms with van der Waals surface area (Å²) in [7, 11) is 0. The first-order valence-corrected chi connectivity index (χ1v) is 8.96. The van der Waals surface area contributed by atoms with E-state index in [4.69, 9.17) is 0 Å². The van der Waals surface area contributed by atoms with Crippen LogP contribution in [0.25, 0.3) is 0 Å². The monoisotopic (exact) mass is 291 g/mol. The highest BCUT2D eigenvalue weighted by atomic mass is 32.2. The van der Waals surface area contributed by atoms with Crippen LogP contribution in [0.4, 0.5) is 5.69 Å². The minimum Gasteiger partial charge on any atom is -0.371 e. The first-order valence-electron chi connectivity index (χ1n) is 7.92. The van der Waals surface area contributed by atoms with E-state index in [1.165, 1.54) is 63.2 Å².